The quantitative estimate of drug-likeness (QED) is 0.846. The van der Waals surface area contributed by atoms with Crippen LogP contribution in [0.5, 0.6) is 0 Å². The van der Waals surface area contributed by atoms with Gasteiger partial charge in [0.25, 0.3) is 0 Å². The number of H-pyrrole nitrogens is 1. The summed E-state index contributed by atoms with van der Waals surface area (Å²) in [4.78, 5) is 5.56. The maximum absolute atomic E-state index is 3.32. The number of benzene rings is 1. The third-order valence-electron chi connectivity index (χ3n) is 3.18. The highest BCUT2D eigenvalue weighted by Gasteiger charge is 2.04. The summed E-state index contributed by atoms with van der Waals surface area (Å²) in [7, 11) is 0. The lowest BCUT2D eigenvalue weighted by molar-refractivity contribution is 0.501. The maximum Gasteiger partial charge on any atom is 0.0456 e. The predicted molar refractivity (Wildman–Crippen MR) is 71.6 cm³/mol. The molecule has 0 bridgehead atoms. The monoisotopic (exact) mass is 224 g/mol. The number of nitrogens with zero attached hydrogens (tertiary/aromatic N) is 1. The average Bonchev–Trinajstić information content (AvgIpc) is 2.81. The molecule has 0 radical (unpaired) electrons. The number of aromatic nitrogens is 1. The predicted octanol–water partition coefficient (Wildman–Crippen LogP) is 3.44. The van der Waals surface area contributed by atoms with E-state index >= 15 is 0 Å². The highest BCUT2D eigenvalue weighted by atomic mass is 15.1. The summed E-state index contributed by atoms with van der Waals surface area (Å²) >= 11 is 0. The van der Waals surface area contributed by atoms with E-state index in [0.29, 0.717) is 0 Å². The van der Waals surface area contributed by atoms with E-state index in [1.807, 2.05) is 0 Å². The van der Waals surface area contributed by atoms with E-state index in [1.54, 1.807) is 0 Å². The zero-order chi connectivity index (χ0) is 11.5. The molecule has 2 nitrogen and oxygen atoms in total. The smallest absolute Gasteiger partial charge is 0.0456 e. The topological polar surface area (TPSA) is 19.0 Å². The van der Waals surface area contributed by atoms with Gasteiger partial charge in [0, 0.05) is 23.6 Å². The highest BCUT2D eigenvalue weighted by Crippen LogP contribution is 2.18. The lowest BCUT2D eigenvalue weighted by Crippen LogP contribution is -2.14. The minimum atomic E-state index is 1.04. The average molecular weight is 224 g/mol. The molecule has 0 atom stereocenters. The Morgan fingerprint density at radius 3 is 2.82 bits per heavy atom. The Balaban J connectivity index is 1.74. The molecule has 86 valence electrons. The zero-order valence-electron chi connectivity index (χ0n) is 9.76. The molecule has 0 fully saturated rings. The largest absolute Gasteiger partial charge is 0.361 e. The van der Waals surface area contributed by atoms with E-state index in [-0.39, 0.29) is 0 Å². The summed E-state index contributed by atoms with van der Waals surface area (Å²) < 4.78 is 0. The standard InChI is InChI=1S/C15H16N2/c1-4-9-17(10-5-1)11-8-13-12-16-15-7-3-2-6-14(13)15/h2-7,9-10,12,16H,1,8,11H2. The first-order valence-electron chi connectivity index (χ1n) is 6.07. The Labute approximate surface area is 101 Å². The fraction of sp³-hybridized carbons (Fsp3) is 0.200. The number of nitrogens with one attached hydrogen (secondary N) is 1. The minimum Gasteiger partial charge on any atom is -0.361 e. The fourth-order valence-electron chi connectivity index (χ4n) is 2.26. The first-order valence-corrected chi connectivity index (χ1v) is 6.07. The number of para-hydroxylation sites is 1. The minimum absolute atomic E-state index is 1.04. The molecule has 0 saturated carbocycles. The van der Waals surface area contributed by atoms with Crippen molar-refractivity contribution in [2.45, 2.75) is 12.8 Å². The van der Waals surface area contributed by atoms with Crippen LogP contribution in [0.2, 0.25) is 0 Å². The summed E-state index contributed by atoms with van der Waals surface area (Å²) in [5, 5.41) is 1.34. The molecule has 0 unspecified atom stereocenters. The van der Waals surface area contributed by atoms with Gasteiger partial charge in [-0.15, -0.1) is 0 Å². The van der Waals surface area contributed by atoms with Gasteiger partial charge in [-0.05, 0) is 36.9 Å². The van der Waals surface area contributed by atoms with Crippen LogP contribution in [0, 0.1) is 0 Å². The molecule has 1 N–H and O–H groups in total. The number of fused-ring (bicyclic) bond motifs is 1. The molecule has 0 saturated heterocycles. The van der Waals surface area contributed by atoms with Gasteiger partial charge in [-0.3, -0.25) is 0 Å². The van der Waals surface area contributed by atoms with Gasteiger partial charge in [0.15, 0.2) is 0 Å². The number of hydrogen-bond acceptors (Lipinski definition) is 1. The molecular weight excluding hydrogens is 208 g/mol. The lowest BCUT2D eigenvalue weighted by atomic mass is 10.1. The van der Waals surface area contributed by atoms with Crippen molar-refractivity contribution in [2.24, 2.45) is 0 Å². The summed E-state index contributed by atoms with van der Waals surface area (Å²) in [6.07, 6.45) is 13.0. The van der Waals surface area contributed by atoms with E-state index in [1.165, 1.54) is 16.5 Å². The van der Waals surface area contributed by atoms with Crippen LogP contribution in [0.1, 0.15) is 12.0 Å². The molecule has 1 aromatic carbocycles. The summed E-state index contributed by atoms with van der Waals surface area (Å²) in [6, 6.07) is 8.47. The maximum atomic E-state index is 3.32. The molecule has 0 aliphatic carbocycles. The SMILES string of the molecule is C1=CN(CCc2c[nH]c3ccccc23)C=CC1. The summed E-state index contributed by atoms with van der Waals surface area (Å²) in [5.41, 5.74) is 2.63. The van der Waals surface area contributed by atoms with Gasteiger partial charge in [-0.1, -0.05) is 30.4 Å². The first kappa shape index (κ1) is 10.2. The third-order valence-corrected chi connectivity index (χ3v) is 3.18. The van der Waals surface area contributed by atoms with Crippen molar-refractivity contribution in [3.8, 4) is 0 Å². The van der Waals surface area contributed by atoms with Crippen LogP contribution in [-0.4, -0.2) is 16.4 Å². The Morgan fingerprint density at radius 1 is 1.12 bits per heavy atom. The fourth-order valence-corrected chi connectivity index (χ4v) is 2.26. The Bertz CT molecular complexity index is 551. The van der Waals surface area contributed by atoms with Crippen molar-refractivity contribution < 1.29 is 0 Å². The Kier molecular flexibility index (Phi) is 2.70. The van der Waals surface area contributed by atoms with Crippen LogP contribution in [0.15, 0.2) is 55.0 Å². The number of hydrogen-bond donors (Lipinski definition) is 1. The van der Waals surface area contributed by atoms with Crippen molar-refractivity contribution >= 4 is 10.9 Å². The molecule has 0 spiro atoms. The van der Waals surface area contributed by atoms with E-state index in [0.717, 1.165) is 19.4 Å². The van der Waals surface area contributed by atoms with Crippen LogP contribution >= 0.6 is 0 Å². The molecule has 2 heteroatoms. The second-order valence-corrected chi connectivity index (χ2v) is 4.35. The Hall–Kier alpha value is -1.96. The second-order valence-electron chi connectivity index (χ2n) is 4.35. The van der Waals surface area contributed by atoms with E-state index in [9.17, 15) is 0 Å². The van der Waals surface area contributed by atoms with Crippen molar-refractivity contribution in [2.75, 3.05) is 6.54 Å². The second kappa shape index (κ2) is 4.50. The van der Waals surface area contributed by atoms with E-state index in [2.05, 4.69) is 64.9 Å². The van der Waals surface area contributed by atoms with Crippen molar-refractivity contribution in [1.82, 2.24) is 9.88 Å². The highest BCUT2D eigenvalue weighted by molar-refractivity contribution is 5.83. The van der Waals surface area contributed by atoms with Gasteiger partial charge >= 0.3 is 0 Å². The van der Waals surface area contributed by atoms with Crippen molar-refractivity contribution in [3.63, 3.8) is 0 Å². The summed E-state index contributed by atoms with van der Waals surface area (Å²) in [6.45, 7) is 1.04. The van der Waals surface area contributed by atoms with Gasteiger partial charge in [0.1, 0.15) is 0 Å². The zero-order valence-corrected chi connectivity index (χ0v) is 9.76. The molecule has 1 aliphatic rings. The molecule has 3 rings (SSSR count). The number of rotatable bonds is 3. The Morgan fingerprint density at radius 2 is 1.94 bits per heavy atom. The van der Waals surface area contributed by atoms with Gasteiger partial charge in [-0.25, -0.2) is 0 Å². The van der Waals surface area contributed by atoms with Gasteiger partial charge in [-0.2, -0.15) is 0 Å². The number of aromatic amines is 1. The van der Waals surface area contributed by atoms with Crippen LogP contribution in [0.3, 0.4) is 0 Å². The molecule has 1 aliphatic heterocycles. The normalized spacial score (nSPS) is 14.7. The van der Waals surface area contributed by atoms with Crippen molar-refractivity contribution in [1.29, 1.82) is 0 Å². The molecule has 17 heavy (non-hydrogen) atoms. The van der Waals surface area contributed by atoms with Crippen LogP contribution < -0.4 is 0 Å². The van der Waals surface area contributed by atoms with E-state index in [4.69, 9.17) is 0 Å². The first-order chi connectivity index (χ1) is 8.43. The molecule has 0 amide bonds. The van der Waals surface area contributed by atoms with Gasteiger partial charge < -0.3 is 9.88 Å². The molecule has 2 aromatic rings. The van der Waals surface area contributed by atoms with Gasteiger partial charge in [0.2, 0.25) is 0 Å². The summed E-state index contributed by atoms with van der Waals surface area (Å²) in [5.74, 6) is 0. The molecular formula is C15H16N2. The third kappa shape index (κ3) is 2.11. The van der Waals surface area contributed by atoms with Crippen LogP contribution in [0.4, 0.5) is 0 Å². The van der Waals surface area contributed by atoms with Gasteiger partial charge in [0.05, 0.1) is 0 Å². The lowest BCUT2D eigenvalue weighted by Gasteiger charge is -2.17. The van der Waals surface area contributed by atoms with E-state index < -0.39 is 0 Å². The number of allylic oxidation sites excluding steroid dienone is 2. The van der Waals surface area contributed by atoms with Crippen LogP contribution in [-0.2, 0) is 6.42 Å². The van der Waals surface area contributed by atoms with Crippen LogP contribution in [0.25, 0.3) is 10.9 Å². The van der Waals surface area contributed by atoms with Crippen molar-refractivity contribution in [3.05, 3.63) is 60.6 Å². The molecule has 2 heterocycles. The molecule has 1 aromatic heterocycles.